The third-order valence-electron chi connectivity index (χ3n) is 5.17. The molecule has 0 spiro atoms. The van der Waals surface area contributed by atoms with E-state index in [1.807, 2.05) is 49.4 Å². The van der Waals surface area contributed by atoms with Gasteiger partial charge in [0.2, 0.25) is 10.0 Å². The smallest absolute Gasteiger partial charge is 0.243 e. The van der Waals surface area contributed by atoms with Crippen LogP contribution in [0, 0.1) is 6.92 Å². The maximum Gasteiger partial charge on any atom is 0.243 e. The molecule has 150 valence electrons. The van der Waals surface area contributed by atoms with Crippen molar-refractivity contribution in [2.24, 2.45) is 0 Å². The van der Waals surface area contributed by atoms with Crippen molar-refractivity contribution in [1.82, 2.24) is 14.3 Å². The minimum atomic E-state index is -3.43. The Morgan fingerprint density at radius 1 is 0.862 bits per heavy atom. The maximum absolute atomic E-state index is 12.8. The third kappa shape index (κ3) is 4.46. The fourth-order valence-electron chi connectivity index (χ4n) is 3.63. The number of nitrogens with zero attached hydrogens (tertiary/aromatic N) is 3. The van der Waals surface area contributed by atoms with Gasteiger partial charge in [0.15, 0.2) is 0 Å². The highest BCUT2D eigenvalue weighted by Crippen LogP contribution is 2.30. The molecule has 1 aromatic carbocycles. The average Bonchev–Trinajstić information content (AvgIpc) is 2.75. The number of hydrogen-bond donors (Lipinski definition) is 1. The Balaban J connectivity index is 1.44. The first-order chi connectivity index (χ1) is 14.0. The zero-order valence-corrected chi connectivity index (χ0v) is 17.1. The molecule has 1 aliphatic heterocycles. The van der Waals surface area contributed by atoms with Crippen LogP contribution >= 0.6 is 0 Å². The largest absolute Gasteiger partial charge is 0.325 e. The van der Waals surface area contributed by atoms with Gasteiger partial charge in [-0.3, -0.25) is 0 Å². The number of aromatic nitrogens is 2. The minimum Gasteiger partial charge on any atom is -0.325 e. The van der Waals surface area contributed by atoms with Gasteiger partial charge >= 0.3 is 0 Å². The molecule has 0 aliphatic carbocycles. The molecule has 4 rings (SSSR count). The number of benzene rings is 1. The molecule has 1 N–H and O–H groups in total. The number of rotatable bonds is 5. The summed E-state index contributed by atoms with van der Waals surface area (Å²) in [5, 5.41) is 3.25. The highest BCUT2D eigenvalue weighted by Gasteiger charge is 2.30. The highest BCUT2D eigenvalue weighted by atomic mass is 32.2. The van der Waals surface area contributed by atoms with Crippen LogP contribution in [0.25, 0.3) is 0 Å². The molecule has 7 heteroatoms. The summed E-state index contributed by atoms with van der Waals surface area (Å²) in [5.41, 5.74) is 1.93. The molecule has 6 nitrogen and oxygen atoms in total. The highest BCUT2D eigenvalue weighted by molar-refractivity contribution is 7.89. The standard InChI is InChI=1S/C22H24N4O2S/c1-17-7-5-11-21(23-17)25-22-12-6-10-20(24-22)18-13-15-26(16-14-18)29(27,28)19-8-3-2-4-9-19/h2-12,18H,13-16H2,1H3,(H,23,24,25). The molecule has 0 radical (unpaired) electrons. The summed E-state index contributed by atoms with van der Waals surface area (Å²) >= 11 is 0. The molecule has 1 aliphatic rings. The molecule has 0 atom stereocenters. The van der Waals surface area contributed by atoms with Crippen LogP contribution < -0.4 is 5.32 Å². The van der Waals surface area contributed by atoms with Crippen molar-refractivity contribution in [3.05, 3.63) is 78.1 Å². The molecule has 0 saturated carbocycles. The lowest BCUT2D eigenvalue weighted by Crippen LogP contribution is -2.38. The molecule has 0 amide bonds. The monoisotopic (exact) mass is 408 g/mol. The molecule has 29 heavy (non-hydrogen) atoms. The first-order valence-electron chi connectivity index (χ1n) is 9.75. The van der Waals surface area contributed by atoms with Crippen LogP contribution in [0.4, 0.5) is 11.6 Å². The van der Waals surface area contributed by atoms with Crippen LogP contribution in [0.5, 0.6) is 0 Å². The van der Waals surface area contributed by atoms with E-state index in [9.17, 15) is 8.42 Å². The predicted octanol–water partition coefficient (Wildman–Crippen LogP) is 4.10. The van der Waals surface area contributed by atoms with E-state index in [-0.39, 0.29) is 5.92 Å². The van der Waals surface area contributed by atoms with Crippen LogP contribution in [0.1, 0.15) is 30.1 Å². The summed E-state index contributed by atoms with van der Waals surface area (Å²) in [7, 11) is -3.43. The second-order valence-corrected chi connectivity index (χ2v) is 9.17. The van der Waals surface area contributed by atoms with Gasteiger partial charge in [-0.15, -0.1) is 0 Å². The van der Waals surface area contributed by atoms with E-state index in [2.05, 4.69) is 10.3 Å². The number of nitrogens with one attached hydrogen (secondary N) is 1. The Kier molecular flexibility index (Phi) is 5.60. The minimum absolute atomic E-state index is 0.240. The van der Waals surface area contributed by atoms with Crippen LogP contribution in [0.3, 0.4) is 0 Å². The molecule has 1 fully saturated rings. The lowest BCUT2D eigenvalue weighted by atomic mass is 9.94. The van der Waals surface area contributed by atoms with Gasteiger partial charge in [0, 0.05) is 30.4 Å². The number of sulfonamides is 1. The van der Waals surface area contributed by atoms with Crippen molar-refractivity contribution in [1.29, 1.82) is 0 Å². The topological polar surface area (TPSA) is 75.2 Å². The van der Waals surface area contributed by atoms with Crippen LogP contribution in [0.2, 0.25) is 0 Å². The summed E-state index contributed by atoms with van der Waals surface area (Å²) in [6.45, 7) is 2.95. The van der Waals surface area contributed by atoms with Crippen LogP contribution in [-0.2, 0) is 10.0 Å². The SMILES string of the molecule is Cc1cccc(Nc2cccc(C3CCN(S(=O)(=O)c4ccccc4)CC3)n2)n1. The molecule has 3 heterocycles. The molecule has 2 aromatic heterocycles. The zero-order chi connectivity index (χ0) is 20.3. The van der Waals surface area contributed by atoms with Gasteiger partial charge in [-0.1, -0.05) is 30.3 Å². The number of anilines is 2. The number of piperidine rings is 1. The second-order valence-electron chi connectivity index (χ2n) is 7.23. The van der Waals surface area contributed by atoms with Crippen LogP contribution in [0.15, 0.2) is 71.6 Å². The molecular formula is C22H24N4O2S. The van der Waals surface area contributed by atoms with Gasteiger partial charge in [0.05, 0.1) is 4.90 Å². The van der Waals surface area contributed by atoms with Gasteiger partial charge in [-0.05, 0) is 56.2 Å². The first kappa shape index (κ1) is 19.5. The fourth-order valence-corrected chi connectivity index (χ4v) is 5.12. The maximum atomic E-state index is 12.8. The summed E-state index contributed by atoms with van der Waals surface area (Å²) in [6, 6.07) is 20.4. The lowest BCUT2D eigenvalue weighted by molar-refractivity contribution is 0.317. The van der Waals surface area contributed by atoms with E-state index < -0.39 is 10.0 Å². The van der Waals surface area contributed by atoms with Crippen molar-refractivity contribution in [3.63, 3.8) is 0 Å². The van der Waals surface area contributed by atoms with Gasteiger partial charge in [0.25, 0.3) is 0 Å². The molecule has 1 saturated heterocycles. The van der Waals surface area contributed by atoms with Gasteiger partial charge < -0.3 is 5.32 Å². The van der Waals surface area contributed by atoms with Crippen molar-refractivity contribution in [3.8, 4) is 0 Å². The van der Waals surface area contributed by atoms with Crippen molar-refractivity contribution >= 4 is 21.7 Å². The Labute approximate surface area is 171 Å². The van der Waals surface area contributed by atoms with Crippen molar-refractivity contribution in [2.75, 3.05) is 18.4 Å². The Bertz CT molecular complexity index is 1080. The number of aryl methyl sites for hydroxylation is 1. The van der Waals surface area contributed by atoms with E-state index in [0.717, 1.165) is 35.9 Å². The van der Waals surface area contributed by atoms with Gasteiger partial charge in [0.1, 0.15) is 11.6 Å². The van der Waals surface area contributed by atoms with E-state index in [0.29, 0.717) is 18.0 Å². The average molecular weight is 409 g/mol. The summed E-state index contributed by atoms with van der Waals surface area (Å²) < 4.78 is 27.2. The second kappa shape index (κ2) is 8.31. The molecular weight excluding hydrogens is 384 g/mol. The van der Waals surface area contributed by atoms with E-state index in [1.54, 1.807) is 28.6 Å². The van der Waals surface area contributed by atoms with Gasteiger partial charge in [-0.25, -0.2) is 18.4 Å². The summed E-state index contributed by atoms with van der Waals surface area (Å²) in [5.74, 6) is 1.75. The summed E-state index contributed by atoms with van der Waals surface area (Å²) in [6.07, 6.45) is 1.51. The number of pyridine rings is 2. The third-order valence-corrected chi connectivity index (χ3v) is 7.08. The van der Waals surface area contributed by atoms with Gasteiger partial charge in [-0.2, -0.15) is 4.31 Å². The van der Waals surface area contributed by atoms with E-state index >= 15 is 0 Å². The lowest BCUT2D eigenvalue weighted by Gasteiger charge is -2.31. The Morgan fingerprint density at radius 3 is 2.21 bits per heavy atom. The number of hydrogen-bond acceptors (Lipinski definition) is 5. The van der Waals surface area contributed by atoms with E-state index in [4.69, 9.17) is 4.98 Å². The Morgan fingerprint density at radius 2 is 1.52 bits per heavy atom. The first-order valence-corrected chi connectivity index (χ1v) is 11.2. The zero-order valence-electron chi connectivity index (χ0n) is 16.3. The summed E-state index contributed by atoms with van der Waals surface area (Å²) in [4.78, 5) is 9.55. The predicted molar refractivity (Wildman–Crippen MR) is 114 cm³/mol. The molecule has 3 aromatic rings. The normalized spacial score (nSPS) is 15.9. The Hall–Kier alpha value is -2.77. The van der Waals surface area contributed by atoms with E-state index in [1.165, 1.54) is 0 Å². The quantitative estimate of drug-likeness (QED) is 0.688. The van der Waals surface area contributed by atoms with Crippen molar-refractivity contribution in [2.45, 2.75) is 30.6 Å². The van der Waals surface area contributed by atoms with Crippen molar-refractivity contribution < 1.29 is 8.42 Å². The van der Waals surface area contributed by atoms with Crippen LogP contribution in [-0.4, -0.2) is 35.8 Å². The molecule has 0 bridgehead atoms. The molecule has 0 unspecified atom stereocenters. The fraction of sp³-hybridized carbons (Fsp3) is 0.273.